The van der Waals surface area contributed by atoms with Crippen LogP contribution in [0.15, 0.2) is 60.7 Å². The molecule has 1 aliphatic heterocycles. The molecule has 34 heavy (non-hydrogen) atoms. The molecule has 0 fully saturated rings. The lowest BCUT2D eigenvalue weighted by molar-refractivity contribution is 0.413. The summed E-state index contributed by atoms with van der Waals surface area (Å²) in [6.45, 7) is 13.1. The smallest absolute Gasteiger partial charge is 0.129 e. The van der Waals surface area contributed by atoms with Crippen molar-refractivity contribution in [1.82, 2.24) is 0 Å². The minimum Gasteiger partial charge on any atom is -0.496 e. The number of methoxy groups -OCH3 is 1. The Morgan fingerprint density at radius 3 is 2.35 bits per heavy atom. The van der Waals surface area contributed by atoms with Gasteiger partial charge in [-0.25, -0.2) is 4.39 Å². The van der Waals surface area contributed by atoms with Crippen LogP contribution in [0, 0.1) is 5.82 Å². The van der Waals surface area contributed by atoms with Crippen molar-refractivity contribution in [2.24, 2.45) is 5.73 Å². The molecule has 3 nitrogen and oxygen atoms in total. The van der Waals surface area contributed by atoms with Gasteiger partial charge in [-0.1, -0.05) is 57.2 Å². The quantitative estimate of drug-likeness (QED) is 0.427. The van der Waals surface area contributed by atoms with E-state index in [1.807, 2.05) is 6.07 Å². The van der Waals surface area contributed by atoms with Crippen LogP contribution in [0.2, 0.25) is 0 Å². The van der Waals surface area contributed by atoms with Gasteiger partial charge in [-0.05, 0) is 72.2 Å². The Kier molecular flexibility index (Phi) is 6.07. The lowest BCUT2D eigenvalue weighted by Crippen LogP contribution is -2.32. The van der Waals surface area contributed by atoms with Crippen molar-refractivity contribution in [3.05, 3.63) is 88.7 Å². The first-order chi connectivity index (χ1) is 15.9. The summed E-state index contributed by atoms with van der Waals surface area (Å²) < 4.78 is 19.6. The number of allylic oxidation sites excluding steroid dienone is 1. The van der Waals surface area contributed by atoms with E-state index in [1.54, 1.807) is 13.2 Å². The summed E-state index contributed by atoms with van der Waals surface area (Å²) in [5.74, 6) is 0.158. The topological polar surface area (TPSA) is 47.3 Å². The van der Waals surface area contributed by atoms with Crippen LogP contribution in [0.1, 0.15) is 69.8 Å². The molecular formula is C30H35FN2O. The number of anilines is 1. The molecule has 0 saturated carbocycles. The van der Waals surface area contributed by atoms with Crippen LogP contribution in [0.5, 0.6) is 5.75 Å². The van der Waals surface area contributed by atoms with Gasteiger partial charge >= 0.3 is 0 Å². The van der Waals surface area contributed by atoms with Crippen molar-refractivity contribution < 1.29 is 9.13 Å². The number of hydrogen-bond acceptors (Lipinski definition) is 3. The number of halogens is 1. The molecule has 178 valence electrons. The van der Waals surface area contributed by atoms with E-state index in [0.29, 0.717) is 5.75 Å². The Labute approximate surface area is 202 Å². The molecule has 3 aromatic rings. The summed E-state index contributed by atoms with van der Waals surface area (Å²) in [4.78, 5) is 0. The van der Waals surface area contributed by atoms with Gasteiger partial charge in [0.15, 0.2) is 0 Å². The van der Waals surface area contributed by atoms with Crippen LogP contribution >= 0.6 is 0 Å². The second kappa shape index (κ2) is 8.59. The molecule has 1 aliphatic rings. The second-order valence-corrected chi connectivity index (χ2v) is 10.8. The minimum absolute atomic E-state index is 0.0676. The van der Waals surface area contributed by atoms with Gasteiger partial charge in [-0.2, -0.15) is 0 Å². The number of benzene rings is 3. The zero-order valence-electron chi connectivity index (χ0n) is 21.2. The highest BCUT2D eigenvalue weighted by molar-refractivity contribution is 5.89. The third-order valence-corrected chi connectivity index (χ3v) is 6.54. The van der Waals surface area contributed by atoms with Gasteiger partial charge in [0.1, 0.15) is 11.6 Å². The number of nitrogens with two attached hydrogens (primary N) is 1. The molecule has 0 aromatic heterocycles. The van der Waals surface area contributed by atoms with Crippen LogP contribution in [0.4, 0.5) is 10.1 Å². The molecular weight excluding hydrogens is 423 g/mol. The predicted molar refractivity (Wildman–Crippen MR) is 141 cm³/mol. The summed E-state index contributed by atoms with van der Waals surface area (Å²) in [5.41, 5.74) is 15.3. The summed E-state index contributed by atoms with van der Waals surface area (Å²) in [6, 6.07) is 16.9. The Balaban J connectivity index is 2.05. The number of nitrogens with one attached hydrogen (secondary N) is 1. The molecule has 0 radical (unpaired) electrons. The minimum atomic E-state index is -0.388. The highest BCUT2D eigenvalue weighted by Crippen LogP contribution is 2.46. The maximum atomic E-state index is 14.1. The van der Waals surface area contributed by atoms with E-state index < -0.39 is 0 Å². The Hall–Kier alpha value is -3.11. The van der Waals surface area contributed by atoms with Gasteiger partial charge in [0, 0.05) is 22.9 Å². The summed E-state index contributed by atoms with van der Waals surface area (Å²) >= 11 is 0. The van der Waals surface area contributed by atoms with E-state index in [0.717, 1.165) is 33.5 Å². The van der Waals surface area contributed by atoms with Crippen LogP contribution in [-0.2, 0) is 5.41 Å². The third-order valence-electron chi connectivity index (χ3n) is 6.54. The molecule has 3 aromatic carbocycles. The van der Waals surface area contributed by atoms with E-state index in [4.69, 9.17) is 10.5 Å². The largest absolute Gasteiger partial charge is 0.496 e. The SMILES string of the molecule is COc1cc(F)ccc1-c1ccc2c(c1C(N)c1ccccc1C(C)(C)C)C(C)=CC(C)(C)N2. The molecule has 3 N–H and O–H groups in total. The Morgan fingerprint density at radius 1 is 1.00 bits per heavy atom. The highest BCUT2D eigenvalue weighted by atomic mass is 19.1. The molecule has 0 saturated heterocycles. The van der Waals surface area contributed by atoms with Crippen molar-refractivity contribution in [3.8, 4) is 16.9 Å². The normalized spacial score (nSPS) is 15.7. The monoisotopic (exact) mass is 458 g/mol. The van der Waals surface area contributed by atoms with Crippen LogP contribution in [0.3, 0.4) is 0 Å². The fourth-order valence-corrected chi connectivity index (χ4v) is 5.20. The van der Waals surface area contributed by atoms with Crippen molar-refractivity contribution in [1.29, 1.82) is 0 Å². The van der Waals surface area contributed by atoms with Crippen LogP contribution in [-0.4, -0.2) is 12.6 Å². The van der Waals surface area contributed by atoms with E-state index in [9.17, 15) is 4.39 Å². The summed E-state index contributed by atoms with van der Waals surface area (Å²) in [7, 11) is 1.57. The van der Waals surface area contributed by atoms with Crippen molar-refractivity contribution >= 4 is 11.3 Å². The lowest BCUT2D eigenvalue weighted by Gasteiger charge is -2.35. The van der Waals surface area contributed by atoms with Gasteiger partial charge < -0.3 is 15.8 Å². The van der Waals surface area contributed by atoms with Gasteiger partial charge in [-0.3, -0.25) is 0 Å². The first-order valence-electron chi connectivity index (χ1n) is 11.8. The highest BCUT2D eigenvalue weighted by Gasteiger charge is 2.31. The van der Waals surface area contributed by atoms with Crippen molar-refractivity contribution in [2.75, 3.05) is 12.4 Å². The van der Waals surface area contributed by atoms with E-state index >= 15 is 0 Å². The summed E-state index contributed by atoms with van der Waals surface area (Å²) in [6.07, 6.45) is 2.24. The third kappa shape index (κ3) is 4.35. The van der Waals surface area contributed by atoms with Gasteiger partial charge in [0.25, 0.3) is 0 Å². The zero-order chi connectivity index (χ0) is 24.8. The van der Waals surface area contributed by atoms with Crippen LogP contribution < -0.4 is 15.8 Å². The lowest BCUT2D eigenvalue weighted by atomic mass is 9.77. The van der Waals surface area contributed by atoms with E-state index in [1.165, 1.54) is 23.3 Å². The number of ether oxygens (including phenoxy) is 1. The molecule has 0 bridgehead atoms. The molecule has 1 unspecified atom stereocenters. The Bertz CT molecular complexity index is 1270. The molecule has 0 amide bonds. The standard InChI is InChI=1S/C30H35FN2O/c1-18-17-30(5,6)33-24-15-14-21(20-13-12-19(31)16-25(20)34-7)27(26(18)24)28(32)22-10-8-9-11-23(22)29(2,3)4/h8-17,28,33H,32H2,1-7H3. The van der Waals surface area contributed by atoms with E-state index in [-0.39, 0.29) is 22.8 Å². The van der Waals surface area contributed by atoms with Crippen molar-refractivity contribution in [2.45, 2.75) is 58.5 Å². The van der Waals surface area contributed by atoms with E-state index in [2.05, 4.69) is 83.3 Å². The molecule has 0 aliphatic carbocycles. The fraction of sp³-hybridized carbons (Fsp3) is 0.333. The molecule has 1 heterocycles. The first-order valence-corrected chi connectivity index (χ1v) is 11.8. The molecule has 4 rings (SSSR count). The number of hydrogen-bond donors (Lipinski definition) is 2. The van der Waals surface area contributed by atoms with Gasteiger partial charge in [-0.15, -0.1) is 0 Å². The van der Waals surface area contributed by atoms with Gasteiger partial charge in [0.2, 0.25) is 0 Å². The maximum Gasteiger partial charge on any atom is 0.129 e. The number of rotatable bonds is 4. The molecule has 1 atom stereocenters. The predicted octanol–water partition coefficient (Wildman–Crippen LogP) is 7.45. The average Bonchev–Trinajstić information content (AvgIpc) is 2.76. The first kappa shape index (κ1) is 24.0. The van der Waals surface area contributed by atoms with Crippen LogP contribution in [0.25, 0.3) is 16.7 Å². The second-order valence-electron chi connectivity index (χ2n) is 10.8. The summed E-state index contributed by atoms with van der Waals surface area (Å²) in [5, 5.41) is 3.65. The Morgan fingerprint density at radius 2 is 1.68 bits per heavy atom. The maximum absolute atomic E-state index is 14.1. The van der Waals surface area contributed by atoms with Crippen molar-refractivity contribution in [3.63, 3.8) is 0 Å². The molecule has 0 spiro atoms. The fourth-order valence-electron chi connectivity index (χ4n) is 5.20. The van der Waals surface area contributed by atoms with Gasteiger partial charge in [0.05, 0.1) is 18.7 Å². The number of fused-ring (bicyclic) bond motifs is 1. The molecule has 4 heteroatoms. The average molecular weight is 459 g/mol. The zero-order valence-corrected chi connectivity index (χ0v) is 21.2.